The van der Waals surface area contributed by atoms with Gasteiger partial charge in [-0.25, -0.2) is 4.98 Å². The molecule has 1 saturated carbocycles. The van der Waals surface area contributed by atoms with Crippen molar-refractivity contribution in [1.82, 2.24) is 30.3 Å². The van der Waals surface area contributed by atoms with Gasteiger partial charge in [-0.3, -0.25) is 14.6 Å². The number of nitrogens with one attached hydrogen (secondary N) is 2. The molecule has 6 rings (SSSR count). The molecule has 166 valence electrons. The predicted octanol–water partition coefficient (Wildman–Crippen LogP) is 3.07. The Bertz CT molecular complexity index is 1180. The number of carbonyl (C=O) groups is 1. The molecule has 3 aromatic rings. The number of carbonyl (C=O) groups excluding carboxylic acids is 1. The topological polar surface area (TPSA) is 91.7 Å². The third kappa shape index (κ3) is 3.20. The van der Waals surface area contributed by atoms with Crippen molar-refractivity contribution < 1.29 is 4.79 Å². The van der Waals surface area contributed by atoms with Gasteiger partial charge in [0.2, 0.25) is 0 Å². The average molecular weight is 432 g/mol. The van der Waals surface area contributed by atoms with Gasteiger partial charge >= 0.3 is 0 Å². The molecule has 2 aliphatic carbocycles. The maximum Gasteiger partial charge on any atom is 0.255 e. The minimum absolute atomic E-state index is 0.0367. The predicted molar refractivity (Wildman–Crippen MR) is 121 cm³/mol. The van der Waals surface area contributed by atoms with Crippen LogP contribution >= 0.6 is 0 Å². The first-order chi connectivity index (χ1) is 15.5. The van der Waals surface area contributed by atoms with E-state index in [9.17, 15) is 4.79 Å². The lowest BCUT2D eigenvalue weighted by Crippen LogP contribution is -2.60. The minimum Gasteiger partial charge on any atom is -0.355 e. The van der Waals surface area contributed by atoms with Gasteiger partial charge < -0.3 is 10.2 Å². The van der Waals surface area contributed by atoms with E-state index >= 15 is 0 Å². The summed E-state index contributed by atoms with van der Waals surface area (Å²) in [4.78, 5) is 20.0. The summed E-state index contributed by atoms with van der Waals surface area (Å²) in [5.41, 5.74) is 6.60. The number of amides is 1. The van der Waals surface area contributed by atoms with Crippen molar-refractivity contribution >= 4 is 11.7 Å². The maximum atomic E-state index is 12.8. The number of aryl methyl sites for hydroxylation is 2. The fraction of sp³-hybridized carbons (Fsp3) is 0.500. The Balaban J connectivity index is 1.10. The summed E-state index contributed by atoms with van der Waals surface area (Å²) in [7, 11) is 0. The number of hydrogen-bond acceptors (Lipinski definition) is 5. The van der Waals surface area contributed by atoms with Gasteiger partial charge in [0.05, 0.1) is 30.0 Å². The summed E-state index contributed by atoms with van der Waals surface area (Å²) < 4.78 is 1.81. The van der Waals surface area contributed by atoms with Gasteiger partial charge in [0.15, 0.2) is 0 Å². The Kier molecular flexibility index (Phi) is 4.38. The average Bonchev–Trinajstić information content (AvgIpc) is 3.41. The lowest BCUT2D eigenvalue weighted by atomic mass is 9.63. The largest absolute Gasteiger partial charge is 0.355 e. The van der Waals surface area contributed by atoms with Crippen LogP contribution in [0.3, 0.4) is 0 Å². The molecule has 0 aromatic carbocycles. The Labute approximate surface area is 187 Å². The van der Waals surface area contributed by atoms with Crippen LogP contribution in [0.5, 0.6) is 0 Å². The second-order valence-electron chi connectivity index (χ2n) is 9.83. The van der Waals surface area contributed by atoms with E-state index in [2.05, 4.69) is 44.6 Å². The van der Waals surface area contributed by atoms with E-state index < -0.39 is 0 Å². The zero-order valence-corrected chi connectivity index (χ0v) is 18.7. The van der Waals surface area contributed by atoms with E-state index in [1.807, 2.05) is 17.8 Å². The van der Waals surface area contributed by atoms with Crippen LogP contribution in [0.25, 0.3) is 0 Å². The number of nitrogens with zero attached hydrogens (tertiary/aromatic N) is 5. The van der Waals surface area contributed by atoms with Crippen molar-refractivity contribution in [2.24, 2.45) is 5.41 Å². The summed E-state index contributed by atoms with van der Waals surface area (Å²) in [5.74, 6) is 0.969. The Morgan fingerprint density at radius 2 is 2.12 bits per heavy atom. The zero-order valence-electron chi connectivity index (χ0n) is 18.7. The molecule has 32 heavy (non-hydrogen) atoms. The van der Waals surface area contributed by atoms with Crippen LogP contribution in [0, 0.1) is 19.3 Å². The molecule has 0 radical (unpaired) electrons. The summed E-state index contributed by atoms with van der Waals surface area (Å²) in [6.45, 7) is 6.98. The van der Waals surface area contributed by atoms with Crippen LogP contribution in [0.1, 0.15) is 70.3 Å². The lowest BCUT2D eigenvalue weighted by Gasteiger charge is -2.56. The number of aromatic amines is 1. The highest BCUT2D eigenvalue weighted by molar-refractivity contribution is 5.94. The van der Waals surface area contributed by atoms with Crippen LogP contribution in [-0.2, 0) is 13.0 Å². The maximum absolute atomic E-state index is 12.8. The van der Waals surface area contributed by atoms with E-state index in [1.54, 1.807) is 6.20 Å². The Hall–Kier alpha value is -3.16. The number of fused-ring (bicyclic) bond motifs is 1. The number of hydrogen-bond donors (Lipinski definition) is 2. The van der Waals surface area contributed by atoms with Crippen LogP contribution in [0.4, 0.5) is 5.82 Å². The number of H-pyrrole nitrogens is 1. The smallest absolute Gasteiger partial charge is 0.255 e. The van der Waals surface area contributed by atoms with Gasteiger partial charge in [0, 0.05) is 36.1 Å². The summed E-state index contributed by atoms with van der Waals surface area (Å²) >= 11 is 0. The molecule has 8 heteroatoms. The van der Waals surface area contributed by atoms with Crippen molar-refractivity contribution in [3.63, 3.8) is 0 Å². The monoisotopic (exact) mass is 431 g/mol. The van der Waals surface area contributed by atoms with E-state index in [0.717, 1.165) is 54.4 Å². The van der Waals surface area contributed by atoms with E-state index in [4.69, 9.17) is 4.98 Å². The van der Waals surface area contributed by atoms with Crippen molar-refractivity contribution in [1.29, 1.82) is 0 Å². The first-order valence-corrected chi connectivity index (χ1v) is 11.6. The second kappa shape index (κ2) is 7.18. The molecule has 1 unspecified atom stereocenters. The van der Waals surface area contributed by atoms with E-state index in [-0.39, 0.29) is 11.9 Å². The first-order valence-electron chi connectivity index (χ1n) is 11.6. The SMILES string of the molecule is Cc1nc(N2CC3(CCC3)C2)ccc1Cn1cc(C(=O)NC2CCc3c2n[nH]c3C)cn1. The Morgan fingerprint density at radius 1 is 1.28 bits per heavy atom. The fourth-order valence-corrected chi connectivity index (χ4v) is 5.46. The minimum atomic E-state index is -0.109. The summed E-state index contributed by atoms with van der Waals surface area (Å²) in [6.07, 6.45) is 9.41. The molecule has 1 aliphatic heterocycles. The van der Waals surface area contributed by atoms with Crippen LogP contribution < -0.4 is 10.2 Å². The molecule has 4 heterocycles. The van der Waals surface area contributed by atoms with Crippen LogP contribution in [0.15, 0.2) is 24.5 Å². The number of aromatic nitrogens is 5. The second-order valence-corrected chi connectivity index (χ2v) is 9.83. The third-order valence-corrected chi connectivity index (χ3v) is 7.62. The van der Waals surface area contributed by atoms with E-state index in [0.29, 0.717) is 17.5 Å². The van der Waals surface area contributed by atoms with Gasteiger partial charge in [0.25, 0.3) is 5.91 Å². The molecule has 1 spiro atoms. The molecule has 3 aromatic heterocycles. The number of anilines is 1. The molecule has 1 amide bonds. The summed E-state index contributed by atoms with van der Waals surface area (Å²) in [5, 5.41) is 14.9. The van der Waals surface area contributed by atoms with E-state index in [1.165, 1.54) is 24.8 Å². The quantitative estimate of drug-likeness (QED) is 0.648. The van der Waals surface area contributed by atoms with Gasteiger partial charge in [-0.2, -0.15) is 10.2 Å². The molecular formula is C24H29N7O. The van der Waals surface area contributed by atoms with Crippen LogP contribution in [-0.4, -0.2) is 44.0 Å². The highest BCUT2D eigenvalue weighted by Gasteiger charge is 2.47. The van der Waals surface area contributed by atoms with Gasteiger partial charge in [-0.15, -0.1) is 0 Å². The standard InChI is InChI=1S/C24H29N7O/c1-15-17(4-7-21(26-15)30-13-24(14-30)8-3-9-24)11-31-12-18(10-25-31)23(32)27-20-6-5-19-16(2)28-29-22(19)20/h4,7,10,12,20H,3,5-6,8-9,11,13-14H2,1-2H3,(H,27,32)(H,28,29). The molecule has 1 atom stereocenters. The molecule has 8 nitrogen and oxygen atoms in total. The molecule has 2 N–H and O–H groups in total. The first kappa shape index (κ1) is 19.5. The summed E-state index contributed by atoms with van der Waals surface area (Å²) in [6, 6.07) is 4.23. The van der Waals surface area contributed by atoms with Crippen molar-refractivity contribution in [2.75, 3.05) is 18.0 Å². The lowest BCUT2D eigenvalue weighted by molar-refractivity contribution is 0.0896. The third-order valence-electron chi connectivity index (χ3n) is 7.62. The number of rotatable bonds is 5. The molecule has 2 fully saturated rings. The zero-order chi connectivity index (χ0) is 21.9. The van der Waals surface area contributed by atoms with Gasteiger partial charge in [0.1, 0.15) is 5.82 Å². The number of pyridine rings is 1. The molecule has 3 aliphatic rings. The molecular weight excluding hydrogens is 402 g/mol. The van der Waals surface area contributed by atoms with Gasteiger partial charge in [-0.1, -0.05) is 12.5 Å². The van der Waals surface area contributed by atoms with Gasteiger partial charge in [-0.05, 0) is 56.7 Å². The highest BCUT2D eigenvalue weighted by atomic mass is 16.1. The van der Waals surface area contributed by atoms with Crippen molar-refractivity contribution in [2.45, 2.75) is 58.5 Å². The van der Waals surface area contributed by atoms with Crippen LogP contribution in [0.2, 0.25) is 0 Å². The normalized spacial score (nSPS) is 20.7. The molecule has 0 bridgehead atoms. The van der Waals surface area contributed by atoms with Crippen molar-refractivity contribution in [3.8, 4) is 0 Å². The fourth-order valence-electron chi connectivity index (χ4n) is 5.46. The highest BCUT2D eigenvalue weighted by Crippen LogP contribution is 2.49. The van der Waals surface area contributed by atoms with Crippen molar-refractivity contribution in [3.05, 3.63) is 58.3 Å². The molecule has 1 saturated heterocycles. The Morgan fingerprint density at radius 3 is 2.88 bits per heavy atom.